The number of hydrogen-bond acceptors (Lipinski definition) is 5. The second-order valence-corrected chi connectivity index (χ2v) is 10.1. The predicted molar refractivity (Wildman–Crippen MR) is 140 cm³/mol. The molecule has 36 heavy (non-hydrogen) atoms. The molecule has 0 heterocycles. The summed E-state index contributed by atoms with van der Waals surface area (Å²) in [4.78, 5) is 51.0. The number of carboxylic acids is 1. The molecule has 0 aliphatic carbocycles. The standard InChI is InChI=1S/C27H44N4O5/c1-7-17(5)22(28)25(33)31-23(18(6)8-2)26(34)29-20(14-16(3)4)24(32)30-21(27(35)36)15-19-12-10-9-11-13-19/h9-13,16-18,20-23H,7-8,14-15,28H2,1-6H3,(H,29,34)(H,30,32)(H,31,33)(H,35,36). The average Bonchev–Trinajstić information content (AvgIpc) is 2.84. The van der Waals surface area contributed by atoms with Crippen LogP contribution in [0.5, 0.6) is 0 Å². The molecule has 6 atom stereocenters. The summed E-state index contributed by atoms with van der Waals surface area (Å²) in [6.07, 6.45) is 1.77. The third-order valence-electron chi connectivity index (χ3n) is 6.59. The van der Waals surface area contributed by atoms with Crippen LogP contribution in [0.25, 0.3) is 0 Å². The molecule has 6 unspecified atom stereocenters. The lowest BCUT2D eigenvalue weighted by Crippen LogP contribution is -2.59. The summed E-state index contributed by atoms with van der Waals surface area (Å²) in [5, 5.41) is 17.8. The number of nitrogens with two attached hydrogens (primary N) is 1. The van der Waals surface area contributed by atoms with Crippen LogP contribution >= 0.6 is 0 Å². The zero-order valence-corrected chi connectivity index (χ0v) is 22.4. The number of benzene rings is 1. The topological polar surface area (TPSA) is 151 Å². The molecule has 0 aromatic heterocycles. The first-order valence-electron chi connectivity index (χ1n) is 12.8. The SMILES string of the molecule is CCC(C)C(N)C(=O)NC(C(=O)NC(CC(C)C)C(=O)NC(Cc1ccccc1)C(=O)O)C(C)CC. The Morgan fingerprint density at radius 3 is 1.86 bits per heavy atom. The number of hydrogen-bond donors (Lipinski definition) is 5. The number of aliphatic carboxylic acids is 1. The third-order valence-corrected chi connectivity index (χ3v) is 6.59. The van der Waals surface area contributed by atoms with E-state index >= 15 is 0 Å². The molecular weight excluding hydrogens is 460 g/mol. The lowest BCUT2D eigenvalue weighted by atomic mass is 9.94. The van der Waals surface area contributed by atoms with E-state index in [9.17, 15) is 24.3 Å². The maximum absolute atomic E-state index is 13.3. The van der Waals surface area contributed by atoms with Gasteiger partial charge in [0.1, 0.15) is 18.1 Å². The molecule has 1 aromatic rings. The Morgan fingerprint density at radius 2 is 1.36 bits per heavy atom. The molecule has 0 fully saturated rings. The first-order valence-corrected chi connectivity index (χ1v) is 12.8. The van der Waals surface area contributed by atoms with Crippen LogP contribution in [0.2, 0.25) is 0 Å². The van der Waals surface area contributed by atoms with Crippen LogP contribution in [0.1, 0.15) is 66.4 Å². The minimum absolute atomic E-state index is 0.0499. The predicted octanol–water partition coefficient (Wildman–Crippen LogP) is 2.23. The summed E-state index contributed by atoms with van der Waals surface area (Å²) in [6, 6.07) is 5.28. The summed E-state index contributed by atoms with van der Waals surface area (Å²) in [5.41, 5.74) is 6.83. The summed E-state index contributed by atoms with van der Waals surface area (Å²) in [7, 11) is 0. The van der Waals surface area contributed by atoms with Crippen molar-refractivity contribution in [3.63, 3.8) is 0 Å². The van der Waals surface area contributed by atoms with Crippen molar-refractivity contribution in [1.82, 2.24) is 16.0 Å². The highest BCUT2D eigenvalue weighted by molar-refractivity contribution is 5.94. The van der Waals surface area contributed by atoms with Crippen molar-refractivity contribution in [3.8, 4) is 0 Å². The molecule has 0 radical (unpaired) electrons. The molecule has 6 N–H and O–H groups in total. The number of amides is 3. The maximum atomic E-state index is 13.3. The number of rotatable bonds is 15. The normalized spacial score (nSPS) is 16.2. The van der Waals surface area contributed by atoms with E-state index in [0.717, 1.165) is 12.0 Å². The fourth-order valence-electron chi connectivity index (χ4n) is 3.75. The van der Waals surface area contributed by atoms with E-state index in [1.165, 1.54) is 0 Å². The Morgan fingerprint density at radius 1 is 0.806 bits per heavy atom. The van der Waals surface area contributed by atoms with Crippen LogP contribution in [-0.4, -0.2) is 53.0 Å². The van der Waals surface area contributed by atoms with Gasteiger partial charge < -0.3 is 26.8 Å². The highest BCUT2D eigenvalue weighted by Crippen LogP contribution is 2.13. The summed E-state index contributed by atoms with van der Waals surface area (Å²) < 4.78 is 0. The Labute approximate surface area is 215 Å². The van der Waals surface area contributed by atoms with Crippen molar-refractivity contribution in [2.75, 3.05) is 0 Å². The second kappa shape index (κ2) is 15.2. The van der Waals surface area contributed by atoms with Gasteiger partial charge in [0.15, 0.2) is 0 Å². The lowest BCUT2D eigenvalue weighted by Gasteiger charge is -2.29. The molecule has 9 nitrogen and oxygen atoms in total. The Hall–Kier alpha value is -2.94. The zero-order valence-electron chi connectivity index (χ0n) is 22.4. The van der Waals surface area contributed by atoms with Crippen molar-refractivity contribution < 1.29 is 24.3 Å². The van der Waals surface area contributed by atoms with Crippen molar-refractivity contribution >= 4 is 23.7 Å². The molecule has 0 aliphatic heterocycles. The fourth-order valence-corrected chi connectivity index (χ4v) is 3.75. The first-order chi connectivity index (χ1) is 16.9. The van der Waals surface area contributed by atoms with Crippen LogP contribution < -0.4 is 21.7 Å². The third kappa shape index (κ3) is 9.97. The van der Waals surface area contributed by atoms with Crippen LogP contribution in [0.15, 0.2) is 30.3 Å². The van der Waals surface area contributed by atoms with E-state index in [4.69, 9.17) is 5.73 Å². The van der Waals surface area contributed by atoms with Crippen LogP contribution in [0, 0.1) is 17.8 Å². The van der Waals surface area contributed by atoms with Gasteiger partial charge in [0.05, 0.1) is 6.04 Å². The van der Waals surface area contributed by atoms with Gasteiger partial charge in [-0.25, -0.2) is 4.79 Å². The average molecular weight is 505 g/mol. The highest BCUT2D eigenvalue weighted by Gasteiger charge is 2.33. The summed E-state index contributed by atoms with van der Waals surface area (Å²) in [5.74, 6) is -2.85. The number of carbonyl (C=O) groups excluding carboxylic acids is 3. The van der Waals surface area contributed by atoms with Crippen molar-refractivity contribution in [1.29, 1.82) is 0 Å². The number of carboxylic acid groups (broad SMARTS) is 1. The Balaban J connectivity index is 3.04. The van der Waals surface area contributed by atoms with Gasteiger partial charge in [0.2, 0.25) is 17.7 Å². The van der Waals surface area contributed by atoms with Crippen molar-refractivity contribution in [2.45, 2.75) is 91.4 Å². The molecule has 202 valence electrons. The largest absolute Gasteiger partial charge is 0.480 e. The smallest absolute Gasteiger partial charge is 0.326 e. The highest BCUT2D eigenvalue weighted by atomic mass is 16.4. The van der Waals surface area contributed by atoms with Crippen molar-refractivity contribution in [3.05, 3.63) is 35.9 Å². The van der Waals surface area contributed by atoms with Gasteiger partial charge in [-0.05, 0) is 29.7 Å². The van der Waals surface area contributed by atoms with E-state index in [-0.39, 0.29) is 24.2 Å². The molecule has 0 aliphatic rings. The monoisotopic (exact) mass is 504 g/mol. The van der Waals surface area contributed by atoms with Gasteiger partial charge in [-0.1, -0.05) is 84.7 Å². The number of nitrogens with one attached hydrogen (secondary N) is 3. The molecule has 9 heteroatoms. The van der Waals surface area contributed by atoms with Crippen LogP contribution in [0.3, 0.4) is 0 Å². The van der Waals surface area contributed by atoms with Gasteiger partial charge in [0.25, 0.3) is 0 Å². The maximum Gasteiger partial charge on any atom is 0.326 e. The first kappa shape index (κ1) is 31.1. The van der Waals surface area contributed by atoms with Gasteiger partial charge >= 0.3 is 5.97 Å². The molecule has 3 amide bonds. The lowest BCUT2D eigenvalue weighted by molar-refractivity contribution is -0.142. The van der Waals surface area contributed by atoms with E-state index in [1.54, 1.807) is 24.3 Å². The van der Waals surface area contributed by atoms with Crippen LogP contribution in [-0.2, 0) is 25.6 Å². The molecule has 0 bridgehead atoms. The van der Waals surface area contributed by atoms with Gasteiger partial charge in [-0.2, -0.15) is 0 Å². The number of carbonyl (C=O) groups is 4. The fraction of sp³-hybridized carbons (Fsp3) is 0.630. The summed E-state index contributed by atoms with van der Waals surface area (Å²) >= 11 is 0. The quantitative estimate of drug-likeness (QED) is 0.247. The molecular formula is C27H44N4O5. The molecule has 1 aromatic carbocycles. The Bertz CT molecular complexity index is 861. The molecule has 0 saturated carbocycles. The van der Waals surface area contributed by atoms with Gasteiger partial charge in [-0.15, -0.1) is 0 Å². The molecule has 0 saturated heterocycles. The van der Waals surface area contributed by atoms with E-state index in [2.05, 4.69) is 16.0 Å². The van der Waals surface area contributed by atoms with Gasteiger partial charge in [-0.3, -0.25) is 14.4 Å². The summed E-state index contributed by atoms with van der Waals surface area (Å²) in [6.45, 7) is 11.4. The zero-order chi connectivity index (χ0) is 27.4. The van der Waals surface area contributed by atoms with Crippen LogP contribution in [0.4, 0.5) is 0 Å². The minimum Gasteiger partial charge on any atom is -0.480 e. The van der Waals surface area contributed by atoms with Gasteiger partial charge in [0, 0.05) is 6.42 Å². The minimum atomic E-state index is -1.16. The molecule has 0 spiro atoms. The van der Waals surface area contributed by atoms with E-state index in [1.807, 2.05) is 47.6 Å². The van der Waals surface area contributed by atoms with E-state index in [0.29, 0.717) is 12.8 Å². The second-order valence-electron chi connectivity index (χ2n) is 10.1. The molecule has 1 rings (SSSR count). The Kier molecular flexibility index (Phi) is 13.2. The van der Waals surface area contributed by atoms with Crippen molar-refractivity contribution in [2.24, 2.45) is 23.5 Å². The van der Waals surface area contributed by atoms with E-state index < -0.39 is 47.9 Å².